The van der Waals surface area contributed by atoms with Crippen molar-refractivity contribution in [1.82, 2.24) is 4.98 Å². The van der Waals surface area contributed by atoms with Gasteiger partial charge in [0.15, 0.2) is 0 Å². The fourth-order valence-electron chi connectivity index (χ4n) is 1.70. The maximum Gasteiger partial charge on any atom is 0.304 e. The molecule has 0 aliphatic carbocycles. The van der Waals surface area contributed by atoms with E-state index < -0.39 is 20.7 Å². The predicted molar refractivity (Wildman–Crippen MR) is 83.9 cm³/mol. The van der Waals surface area contributed by atoms with E-state index in [0.717, 1.165) is 0 Å². The standard InChI is InChI=1S/C14H15N3O3S/c1-14(2,3)21(20)16-9-11-7-6-10-5-4-8-15-12(10)13(11)17(18)19/h4-9H,1-3H3. The first kappa shape index (κ1) is 15.2. The van der Waals surface area contributed by atoms with Gasteiger partial charge in [-0.05, 0) is 32.9 Å². The molecule has 1 heterocycles. The van der Waals surface area contributed by atoms with Crippen LogP contribution < -0.4 is 0 Å². The third-order valence-corrected chi connectivity index (χ3v) is 4.12. The largest absolute Gasteiger partial charge is 0.304 e. The second-order valence-electron chi connectivity index (χ2n) is 5.43. The van der Waals surface area contributed by atoms with E-state index in [4.69, 9.17) is 0 Å². The zero-order chi connectivity index (χ0) is 15.6. The number of hydrogen-bond acceptors (Lipinski definition) is 4. The maximum atomic E-state index is 11.9. The Balaban J connectivity index is 2.55. The molecule has 0 radical (unpaired) electrons. The molecule has 0 spiro atoms. The Morgan fingerprint density at radius 2 is 2.05 bits per heavy atom. The molecule has 0 saturated heterocycles. The third kappa shape index (κ3) is 3.30. The van der Waals surface area contributed by atoms with Gasteiger partial charge in [-0.1, -0.05) is 12.1 Å². The van der Waals surface area contributed by atoms with Gasteiger partial charge in [-0.25, -0.2) is 9.19 Å². The molecule has 0 fully saturated rings. The molecule has 21 heavy (non-hydrogen) atoms. The predicted octanol–water partition coefficient (Wildman–Crippen LogP) is 3.02. The minimum atomic E-state index is -1.47. The van der Waals surface area contributed by atoms with Crippen LogP contribution in [0.1, 0.15) is 26.3 Å². The fourth-order valence-corrected chi connectivity index (χ4v) is 2.23. The van der Waals surface area contributed by atoms with Crippen molar-refractivity contribution in [2.75, 3.05) is 0 Å². The summed E-state index contributed by atoms with van der Waals surface area (Å²) >= 11 is 0. The number of nitrogens with zero attached hydrogens (tertiary/aromatic N) is 3. The SMILES string of the molecule is CC(C)(C)S(=O)N=Cc1ccc2cccnc2c1[N+](=O)[O-]. The molecule has 0 amide bonds. The van der Waals surface area contributed by atoms with Crippen molar-refractivity contribution in [3.05, 3.63) is 46.1 Å². The van der Waals surface area contributed by atoms with Crippen LogP contribution in [0, 0.1) is 10.1 Å². The highest BCUT2D eigenvalue weighted by Gasteiger charge is 2.21. The molecule has 0 aliphatic heterocycles. The van der Waals surface area contributed by atoms with Gasteiger partial charge in [-0.15, -0.1) is 0 Å². The summed E-state index contributed by atoms with van der Waals surface area (Å²) in [6.45, 7) is 5.37. The molecule has 1 atom stereocenters. The van der Waals surface area contributed by atoms with Crippen molar-refractivity contribution in [3.8, 4) is 0 Å². The number of hydrogen-bond donors (Lipinski definition) is 0. The summed E-state index contributed by atoms with van der Waals surface area (Å²) in [6.07, 6.45) is 2.79. The molecular formula is C14H15N3O3S. The fraction of sp³-hybridized carbons (Fsp3) is 0.286. The summed E-state index contributed by atoms with van der Waals surface area (Å²) in [5, 5.41) is 12.0. The summed E-state index contributed by atoms with van der Waals surface area (Å²) in [7, 11) is -1.47. The lowest BCUT2D eigenvalue weighted by Gasteiger charge is -2.12. The molecule has 2 rings (SSSR count). The van der Waals surface area contributed by atoms with Crippen molar-refractivity contribution >= 4 is 33.8 Å². The molecule has 0 saturated carbocycles. The lowest BCUT2D eigenvalue weighted by molar-refractivity contribution is -0.383. The number of benzene rings is 1. The number of aromatic nitrogens is 1. The van der Waals surface area contributed by atoms with Crippen LogP contribution in [-0.2, 0) is 11.0 Å². The lowest BCUT2D eigenvalue weighted by atomic mass is 10.1. The molecule has 0 N–H and O–H groups in total. The molecule has 1 aromatic heterocycles. The average molecular weight is 305 g/mol. The number of fused-ring (bicyclic) bond motifs is 1. The maximum absolute atomic E-state index is 11.9. The van der Waals surface area contributed by atoms with Crippen LogP contribution in [0.2, 0.25) is 0 Å². The van der Waals surface area contributed by atoms with E-state index in [-0.39, 0.29) is 5.69 Å². The van der Waals surface area contributed by atoms with Gasteiger partial charge in [0.05, 0.1) is 21.4 Å². The summed E-state index contributed by atoms with van der Waals surface area (Å²) in [4.78, 5) is 14.9. The van der Waals surface area contributed by atoms with Crippen molar-refractivity contribution in [2.24, 2.45) is 4.40 Å². The van der Waals surface area contributed by atoms with Gasteiger partial charge in [-0.2, -0.15) is 4.40 Å². The van der Waals surface area contributed by atoms with Crippen molar-refractivity contribution in [1.29, 1.82) is 0 Å². The Morgan fingerprint density at radius 3 is 2.67 bits per heavy atom. The molecule has 2 aromatic rings. The van der Waals surface area contributed by atoms with Crippen molar-refractivity contribution < 1.29 is 9.13 Å². The van der Waals surface area contributed by atoms with E-state index in [1.165, 1.54) is 12.4 Å². The van der Waals surface area contributed by atoms with E-state index in [1.807, 2.05) is 0 Å². The Hall–Kier alpha value is -2.15. The van der Waals surface area contributed by atoms with E-state index in [0.29, 0.717) is 16.5 Å². The number of nitro groups is 1. The van der Waals surface area contributed by atoms with Gasteiger partial charge in [0, 0.05) is 11.6 Å². The van der Waals surface area contributed by atoms with Crippen molar-refractivity contribution in [3.63, 3.8) is 0 Å². The summed E-state index contributed by atoms with van der Waals surface area (Å²) in [5.74, 6) is 0. The summed E-state index contributed by atoms with van der Waals surface area (Å²) in [5.41, 5.74) is 0.472. The zero-order valence-corrected chi connectivity index (χ0v) is 12.8. The van der Waals surface area contributed by atoms with Gasteiger partial charge in [0.1, 0.15) is 16.5 Å². The van der Waals surface area contributed by atoms with Gasteiger partial charge < -0.3 is 0 Å². The smallest absolute Gasteiger partial charge is 0.258 e. The number of rotatable bonds is 3. The van der Waals surface area contributed by atoms with Crippen LogP contribution in [0.15, 0.2) is 34.9 Å². The number of nitro benzene ring substituents is 1. The van der Waals surface area contributed by atoms with E-state index in [1.54, 1.807) is 45.0 Å². The molecule has 6 nitrogen and oxygen atoms in total. The quantitative estimate of drug-likeness (QED) is 0.495. The minimum Gasteiger partial charge on any atom is -0.258 e. The Bertz CT molecular complexity index is 751. The van der Waals surface area contributed by atoms with Gasteiger partial charge in [-0.3, -0.25) is 10.1 Å². The van der Waals surface area contributed by atoms with Crippen LogP contribution in [0.25, 0.3) is 10.9 Å². The Labute approximate surface area is 124 Å². The van der Waals surface area contributed by atoms with Crippen molar-refractivity contribution in [2.45, 2.75) is 25.5 Å². The minimum absolute atomic E-state index is 0.122. The Kier molecular flexibility index (Phi) is 4.13. The molecule has 1 unspecified atom stereocenters. The summed E-state index contributed by atoms with van der Waals surface area (Å²) in [6, 6.07) is 6.79. The molecule has 0 aliphatic rings. The average Bonchev–Trinajstić information content (AvgIpc) is 2.42. The molecule has 110 valence electrons. The van der Waals surface area contributed by atoms with Crippen LogP contribution in [-0.4, -0.2) is 25.1 Å². The van der Waals surface area contributed by atoms with Gasteiger partial charge >= 0.3 is 5.69 Å². The van der Waals surface area contributed by atoms with Crippen LogP contribution in [0.5, 0.6) is 0 Å². The topological polar surface area (TPSA) is 85.5 Å². The van der Waals surface area contributed by atoms with E-state index >= 15 is 0 Å². The van der Waals surface area contributed by atoms with Crippen LogP contribution in [0.4, 0.5) is 5.69 Å². The zero-order valence-electron chi connectivity index (χ0n) is 11.9. The Morgan fingerprint density at radius 1 is 1.33 bits per heavy atom. The first-order valence-electron chi connectivity index (χ1n) is 6.29. The van der Waals surface area contributed by atoms with Gasteiger partial charge in [0.2, 0.25) is 0 Å². The second-order valence-corrected chi connectivity index (χ2v) is 7.37. The molecule has 0 bridgehead atoms. The summed E-state index contributed by atoms with van der Waals surface area (Å²) < 4.78 is 15.3. The number of pyridine rings is 1. The molecule has 7 heteroatoms. The molecular weight excluding hydrogens is 290 g/mol. The van der Waals surface area contributed by atoms with Crippen LogP contribution in [0.3, 0.4) is 0 Å². The first-order chi connectivity index (χ1) is 9.80. The molecule has 1 aromatic carbocycles. The second kappa shape index (κ2) is 5.69. The van der Waals surface area contributed by atoms with Crippen LogP contribution >= 0.6 is 0 Å². The highest BCUT2D eigenvalue weighted by atomic mass is 32.2. The first-order valence-corrected chi connectivity index (χ1v) is 7.39. The van der Waals surface area contributed by atoms with Gasteiger partial charge in [0.25, 0.3) is 0 Å². The normalized spacial score (nSPS) is 13.7. The highest BCUT2D eigenvalue weighted by Crippen LogP contribution is 2.27. The monoisotopic (exact) mass is 305 g/mol. The lowest BCUT2D eigenvalue weighted by Crippen LogP contribution is -2.19. The highest BCUT2D eigenvalue weighted by molar-refractivity contribution is 7.85. The third-order valence-electron chi connectivity index (χ3n) is 2.77. The van der Waals surface area contributed by atoms with E-state index in [2.05, 4.69) is 9.38 Å². The van der Waals surface area contributed by atoms with E-state index in [9.17, 15) is 14.3 Å².